The highest BCUT2D eigenvalue weighted by atomic mass is 35.5. The maximum atomic E-state index is 12.4. The molecule has 0 unspecified atom stereocenters. The number of pyridine rings is 1. The van der Waals surface area contributed by atoms with Gasteiger partial charge in [-0.05, 0) is 55.2 Å². The Labute approximate surface area is 191 Å². The highest BCUT2D eigenvalue weighted by molar-refractivity contribution is 7.13. The van der Waals surface area contributed by atoms with Crippen LogP contribution in [0.3, 0.4) is 0 Å². The topological polar surface area (TPSA) is 69.6 Å². The fraction of sp³-hybridized carbons (Fsp3) is 0.364. The van der Waals surface area contributed by atoms with Gasteiger partial charge in [0.15, 0.2) is 0 Å². The molecule has 7 nitrogen and oxygen atoms in total. The molecule has 2 aliphatic heterocycles. The van der Waals surface area contributed by atoms with E-state index in [9.17, 15) is 9.59 Å². The number of fused-ring (bicyclic) bond motifs is 2. The van der Waals surface area contributed by atoms with Gasteiger partial charge in [0.1, 0.15) is 11.5 Å². The lowest BCUT2D eigenvalue weighted by atomic mass is 10.2. The number of imide groups is 1. The molecular formula is C22H24ClN5O2S. The Morgan fingerprint density at radius 2 is 1.68 bits per heavy atom. The van der Waals surface area contributed by atoms with Gasteiger partial charge in [-0.25, -0.2) is 0 Å². The Balaban J connectivity index is 0.00000231. The lowest BCUT2D eigenvalue weighted by Gasteiger charge is -2.35. The SMILES string of the molecule is Cl.O=C1c2cccnc2C(=O)N1CCCCN1CCN(c2nsc3ccccc23)CC1. The molecule has 9 heteroatoms. The van der Waals surface area contributed by atoms with Crippen molar-refractivity contribution in [2.45, 2.75) is 12.8 Å². The molecule has 2 aromatic heterocycles. The fourth-order valence-corrected chi connectivity index (χ4v) is 5.00. The van der Waals surface area contributed by atoms with Crippen molar-refractivity contribution in [2.75, 3.05) is 44.2 Å². The molecule has 3 aromatic rings. The van der Waals surface area contributed by atoms with E-state index in [-0.39, 0.29) is 29.9 Å². The minimum absolute atomic E-state index is 0. The van der Waals surface area contributed by atoms with E-state index in [1.165, 1.54) is 15.0 Å². The molecule has 1 saturated heterocycles. The zero-order valence-electron chi connectivity index (χ0n) is 17.1. The van der Waals surface area contributed by atoms with Gasteiger partial charge < -0.3 is 4.90 Å². The van der Waals surface area contributed by atoms with Gasteiger partial charge in [0.05, 0.1) is 10.3 Å². The van der Waals surface area contributed by atoms with Crippen molar-refractivity contribution < 1.29 is 9.59 Å². The average Bonchev–Trinajstić information content (AvgIpc) is 3.32. The van der Waals surface area contributed by atoms with Gasteiger partial charge in [0.2, 0.25) is 0 Å². The third-order valence-electron chi connectivity index (χ3n) is 5.87. The van der Waals surface area contributed by atoms with Crippen LogP contribution in [0.1, 0.15) is 33.7 Å². The number of piperazine rings is 1. The molecule has 162 valence electrons. The number of hydrogen-bond acceptors (Lipinski definition) is 7. The van der Waals surface area contributed by atoms with Crippen molar-refractivity contribution in [1.82, 2.24) is 19.2 Å². The van der Waals surface area contributed by atoms with Gasteiger partial charge in [-0.2, -0.15) is 4.37 Å². The molecule has 0 N–H and O–H groups in total. The van der Waals surface area contributed by atoms with E-state index in [1.807, 2.05) is 0 Å². The van der Waals surface area contributed by atoms with Crippen molar-refractivity contribution in [2.24, 2.45) is 0 Å². The molecule has 31 heavy (non-hydrogen) atoms. The molecule has 1 aromatic carbocycles. The highest BCUT2D eigenvalue weighted by Crippen LogP contribution is 2.29. The highest BCUT2D eigenvalue weighted by Gasteiger charge is 2.36. The average molecular weight is 458 g/mol. The first-order valence-corrected chi connectivity index (χ1v) is 11.1. The molecule has 0 bridgehead atoms. The van der Waals surface area contributed by atoms with Gasteiger partial charge >= 0.3 is 0 Å². The summed E-state index contributed by atoms with van der Waals surface area (Å²) in [6, 6.07) is 11.8. The molecular weight excluding hydrogens is 434 g/mol. The lowest BCUT2D eigenvalue weighted by Crippen LogP contribution is -2.46. The molecule has 2 amide bonds. The predicted octanol–water partition coefficient (Wildman–Crippen LogP) is 3.31. The number of anilines is 1. The maximum Gasteiger partial charge on any atom is 0.280 e. The van der Waals surface area contributed by atoms with E-state index in [4.69, 9.17) is 0 Å². The smallest absolute Gasteiger partial charge is 0.280 e. The molecule has 0 atom stereocenters. The quantitative estimate of drug-likeness (QED) is 0.418. The first-order chi connectivity index (χ1) is 14.7. The third-order valence-corrected chi connectivity index (χ3v) is 6.68. The van der Waals surface area contributed by atoms with Crippen LogP contribution in [-0.4, -0.2) is 70.2 Å². The van der Waals surface area contributed by atoms with Crippen molar-refractivity contribution in [3.63, 3.8) is 0 Å². The minimum Gasteiger partial charge on any atom is -0.353 e. The van der Waals surface area contributed by atoms with E-state index >= 15 is 0 Å². The van der Waals surface area contributed by atoms with E-state index in [2.05, 4.69) is 43.4 Å². The monoisotopic (exact) mass is 457 g/mol. The van der Waals surface area contributed by atoms with Crippen LogP contribution < -0.4 is 4.90 Å². The number of aromatic nitrogens is 2. The minimum atomic E-state index is -0.264. The number of halogens is 1. The van der Waals surface area contributed by atoms with Crippen LogP contribution in [0.4, 0.5) is 5.82 Å². The number of carbonyl (C=O) groups is 2. The number of unbranched alkanes of at least 4 members (excludes halogenated alkanes) is 1. The summed E-state index contributed by atoms with van der Waals surface area (Å²) in [6.45, 7) is 5.38. The van der Waals surface area contributed by atoms with Crippen LogP contribution in [0.15, 0.2) is 42.6 Å². The molecule has 0 saturated carbocycles. The number of carbonyl (C=O) groups excluding carboxylic acids is 2. The van der Waals surface area contributed by atoms with E-state index < -0.39 is 0 Å². The summed E-state index contributed by atoms with van der Waals surface area (Å²) in [5.41, 5.74) is 0.710. The molecule has 5 rings (SSSR count). The number of nitrogens with zero attached hydrogens (tertiary/aromatic N) is 5. The summed E-state index contributed by atoms with van der Waals surface area (Å²) in [7, 11) is 0. The molecule has 4 heterocycles. The van der Waals surface area contributed by atoms with Crippen LogP contribution in [-0.2, 0) is 0 Å². The van der Waals surface area contributed by atoms with E-state index in [1.54, 1.807) is 29.9 Å². The largest absolute Gasteiger partial charge is 0.353 e. The molecule has 1 fully saturated rings. The van der Waals surface area contributed by atoms with Gasteiger partial charge in [-0.1, -0.05) is 12.1 Å². The standard InChI is InChI=1S/C22H23N5O2S.ClH/c28-21-17-7-5-9-23-19(17)22(29)27(21)11-4-3-10-25-12-14-26(15-13-25)20-16-6-1-2-8-18(16)30-24-20;/h1-2,5-9H,3-4,10-15H2;1H. The first-order valence-electron chi connectivity index (χ1n) is 10.4. The van der Waals surface area contributed by atoms with Crippen molar-refractivity contribution >= 4 is 51.7 Å². The van der Waals surface area contributed by atoms with Crippen LogP contribution in [0.5, 0.6) is 0 Å². The Bertz CT molecular complexity index is 1060. The number of amides is 2. The number of hydrogen-bond donors (Lipinski definition) is 0. The fourth-order valence-electron chi connectivity index (χ4n) is 4.21. The summed E-state index contributed by atoms with van der Waals surface area (Å²) >= 11 is 1.56. The zero-order chi connectivity index (χ0) is 20.5. The van der Waals surface area contributed by atoms with Crippen LogP contribution in [0.2, 0.25) is 0 Å². The Morgan fingerprint density at radius 1 is 0.903 bits per heavy atom. The van der Waals surface area contributed by atoms with Crippen LogP contribution >= 0.6 is 23.9 Å². The van der Waals surface area contributed by atoms with Crippen LogP contribution in [0.25, 0.3) is 10.1 Å². The summed E-state index contributed by atoms with van der Waals surface area (Å²) in [5, 5.41) is 1.24. The Morgan fingerprint density at radius 3 is 2.48 bits per heavy atom. The van der Waals surface area contributed by atoms with Crippen molar-refractivity contribution in [1.29, 1.82) is 0 Å². The summed E-state index contributed by atoms with van der Waals surface area (Å²) in [5.74, 6) is 0.626. The number of benzene rings is 1. The van der Waals surface area contributed by atoms with E-state index in [0.717, 1.165) is 51.4 Å². The zero-order valence-corrected chi connectivity index (χ0v) is 18.7. The Kier molecular flexibility index (Phi) is 6.50. The molecule has 0 radical (unpaired) electrons. The second-order valence-electron chi connectivity index (χ2n) is 7.70. The normalized spacial score (nSPS) is 16.6. The van der Waals surface area contributed by atoms with Gasteiger partial charge in [0.25, 0.3) is 11.8 Å². The summed E-state index contributed by atoms with van der Waals surface area (Å²) in [6.07, 6.45) is 3.32. The maximum absolute atomic E-state index is 12.4. The van der Waals surface area contributed by atoms with Crippen LogP contribution in [0, 0.1) is 0 Å². The van der Waals surface area contributed by atoms with E-state index in [0.29, 0.717) is 12.1 Å². The van der Waals surface area contributed by atoms with Gasteiger partial charge in [-0.15, -0.1) is 12.4 Å². The molecule has 2 aliphatic rings. The second kappa shape index (κ2) is 9.30. The summed E-state index contributed by atoms with van der Waals surface area (Å²) in [4.78, 5) is 35.0. The first kappa shape index (κ1) is 21.7. The summed E-state index contributed by atoms with van der Waals surface area (Å²) < 4.78 is 5.90. The molecule has 0 spiro atoms. The van der Waals surface area contributed by atoms with Crippen molar-refractivity contribution in [3.05, 3.63) is 53.9 Å². The predicted molar refractivity (Wildman–Crippen MR) is 124 cm³/mol. The Hall–Kier alpha value is -2.55. The third kappa shape index (κ3) is 4.15. The lowest BCUT2D eigenvalue weighted by molar-refractivity contribution is 0.0648. The van der Waals surface area contributed by atoms with Crippen molar-refractivity contribution in [3.8, 4) is 0 Å². The second-order valence-corrected chi connectivity index (χ2v) is 8.50. The number of rotatable bonds is 6. The van der Waals surface area contributed by atoms with Gasteiger partial charge in [0, 0.05) is 44.3 Å². The van der Waals surface area contributed by atoms with Gasteiger partial charge in [-0.3, -0.25) is 24.4 Å². The molecule has 0 aliphatic carbocycles.